The number of fused-ring (bicyclic) bond motifs is 1. The Morgan fingerprint density at radius 1 is 1.50 bits per heavy atom. The summed E-state index contributed by atoms with van der Waals surface area (Å²) in [6, 6.07) is 5.72. The molecular formula is C14H19N3O2S. The topological polar surface area (TPSA) is 59.0 Å². The highest BCUT2D eigenvalue weighted by molar-refractivity contribution is 7.71. The van der Waals surface area contributed by atoms with E-state index in [1.165, 1.54) is 0 Å². The average Bonchev–Trinajstić information content (AvgIpc) is 2.73. The Bertz CT molecular complexity index is 700. The van der Waals surface area contributed by atoms with Gasteiger partial charge in [0.25, 0.3) is 0 Å². The molecule has 1 aromatic carbocycles. The van der Waals surface area contributed by atoms with E-state index < -0.39 is 5.41 Å². The first-order chi connectivity index (χ1) is 9.39. The second-order valence-corrected chi connectivity index (χ2v) is 5.75. The number of rotatable bonds is 4. The molecule has 2 N–H and O–H groups in total. The van der Waals surface area contributed by atoms with Crippen molar-refractivity contribution >= 4 is 29.2 Å². The Labute approximate surface area is 122 Å². The molecule has 0 aliphatic rings. The van der Waals surface area contributed by atoms with Crippen molar-refractivity contribution in [1.82, 2.24) is 14.9 Å². The lowest BCUT2D eigenvalue weighted by molar-refractivity contribution is -0.129. The van der Waals surface area contributed by atoms with Crippen molar-refractivity contribution in [3.63, 3.8) is 0 Å². The zero-order chi connectivity index (χ0) is 14.9. The molecule has 0 aliphatic heterocycles. The molecule has 0 saturated heterocycles. The minimum absolute atomic E-state index is 0.0170. The highest BCUT2D eigenvalue weighted by Gasteiger charge is 2.28. The van der Waals surface area contributed by atoms with Crippen molar-refractivity contribution in [3.05, 3.63) is 23.0 Å². The van der Waals surface area contributed by atoms with Gasteiger partial charge in [-0.25, -0.2) is 0 Å². The third-order valence-corrected chi connectivity index (χ3v) is 3.70. The van der Waals surface area contributed by atoms with Crippen molar-refractivity contribution in [1.29, 1.82) is 0 Å². The summed E-state index contributed by atoms with van der Waals surface area (Å²) < 4.78 is 7.78. The summed E-state index contributed by atoms with van der Waals surface area (Å²) >= 11 is 5.36. The number of hydrogen-bond donors (Lipinski definition) is 2. The van der Waals surface area contributed by atoms with Gasteiger partial charge >= 0.3 is 0 Å². The molecule has 0 bridgehead atoms. The van der Waals surface area contributed by atoms with Gasteiger partial charge in [-0.05, 0) is 38.2 Å². The third-order valence-electron chi connectivity index (χ3n) is 3.38. The largest absolute Gasteiger partial charge is 0.497 e. The van der Waals surface area contributed by atoms with Crippen molar-refractivity contribution in [2.24, 2.45) is 5.41 Å². The van der Waals surface area contributed by atoms with Gasteiger partial charge in [-0.2, -0.15) is 0 Å². The van der Waals surface area contributed by atoms with Crippen molar-refractivity contribution in [3.8, 4) is 5.75 Å². The molecule has 1 amide bonds. The number of aromatic amines is 1. The molecule has 0 fully saturated rings. The van der Waals surface area contributed by atoms with E-state index in [0.717, 1.165) is 16.8 Å². The van der Waals surface area contributed by atoms with Gasteiger partial charge in [-0.15, -0.1) is 0 Å². The first-order valence-electron chi connectivity index (χ1n) is 6.38. The molecule has 20 heavy (non-hydrogen) atoms. The Balaban J connectivity index is 2.51. The van der Waals surface area contributed by atoms with Gasteiger partial charge < -0.3 is 19.6 Å². The first kappa shape index (κ1) is 14.6. The lowest BCUT2D eigenvalue weighted by atomic mass is 9.92. The number of aromatic nitrogens is 2. The average molecular weight is 293 g/mol. The highest BCUT2D eigenvalue weighted by atomic mass is 32.1. The van der Waals surface area contributed by atoms with Crippen LogP contribution in [0.2, 0.25) is 0 Å². The number of carbonyl (C=O) groups excluding carboxylic acids is 1. The minimum Gasteiger partial charge on any atom is -0.497 e. The van der Waals surface area contributed by atoms with Gasteiger partial charge in [0.15, 0.2) is 4.77 Å². The maximum Gasteiger partial charge on any atom is 0.227 e. The van der Waals surface area contributed by atoms with E-state index in [2.05, 4.69) is 10.3 Å². The third kappa shape index (κ3) is 2.56. The summed E-state index contributed by atoms with van der Waals surface area (Å²) in [5.41, 5.74) is 1.32. The van der Waals surface area contributed by atoms with E-state index in [9.17, 15) is 4.79 Å². The zero-order valence-electron chi connectivity index (χ0n) is 12.1. The number of hydrogen-bond acceptors (Lipinski definition) is 3. The maximum absolute atomic E-state index is 11.9. The SMILES string of the molecule is CNC(=O)C(C)(C)Cn1c(=S)[nH]c2ccc(OC)cc21. The van der Waals surface area contributed by atoms with Crippen molar-refractivity contribution in [2.45, 2.75) is 20.4 Å². The fourth-order valence-electron chi connectivity index (χ4n) is 2.22. The number of carbonyl (C=O) groups is 1. The summed E-state index contributed by atoms with van der Waals surface area (Å²) in [4.78, 5) is 15.1. The van der Waals surface area contributed by atoms with E-state index >= 15 is 0 Å². The Hall–Kier alpha value is -1.82. The lowest BCUT2D eigenvalue weighted by Crippen LogP contribution is -2.37. The number of ether oxygens (including phenoxy) is 1. The van der Waals surface area contributed by atoms with Crippen LogP contribution in [-0.2, 0) is 11.3 Å². The number of nitrogens with zero attached hydrogens (tertiary/aromatic N) is 1. The molecule has 6 heteroatoms. The maximum atomic E-state index is 11.9. The van der Waals surface area contributed by atoms with Crippen molar-refractivity contribution < 1.29 is 9.53 Å². The summed E-state index contributed by atoms with van der Waals surface area (Å²) in [5.74, 6) is 0.745. The predicted octanol–water partition coefficient (Wildman–Crippen LogP) is 2.48. The van der Waals surface area contributed by atoms with Crippen LogP contribution in [0.1, 0.15) is 13.8 Å². The van der Waals surface area contributed by atoms with Gasteiger partial charge in [0, 0.05) is 19.7 Å². The molecule has 2 rings (SSSR count). The van der Waals surface area contributed by atoms with Crippen LogP contribution >= 0.6 is 12.2 Å². The van der Waals surface area contributed by atoms with Gasteiger partial charge in [0.2, 0.25) is 5.91 Å². The summed E-state index contributed by atoms with van der Waals surface area (Å²) in [6.07, 6.45) is 0. The Morgan fingerprint density at radius 2 is 2.20 bits per heavy atom. The van der Waals surface area contributed by atoms with Crippen LogP contribution in [0, 0.1) is 10.2 Å². The zero-order valence-corrected chi connectivity index (χ0v) is 12.9. The van der Waals surface area contributed by atoms with Crippen LogP contribution in [0.3, 0.4) is 0 Å². The van der Waals surface area contributed by atoms with Crippen LogP contribution < -0.4 is 10.1 Å². The molecule has 0 radical (unpaired) electrons. The minimum atomic E-state index is -0.550. The van der Waals surface area contributed by atoms with Gasteiger partial charge in [-0.3, -0.25) is 4.79 Å². The summed E-state index contributed by atoms with van der Waals surface area (Å²) in [7, 11) is 3.27. The molecule has 5 nitrogen and oxygen atoms in total. The van der Waals surface area contributed by atoms with E-state index in [0.29, 0.717) is 11.3 Å². The molecule has 1 aromatic heterocycles. The quantitative estimate of drug-likeness (QED) is 0.851. The fraction of sp³-hybridized carbons (Fsp3) is 0.429. The molecule has 108 valence electrons. The number of imidazole rings is 1. The molecule has 0 atom stereocenters. The van der Waals surface area contributed by atoms with Crippen LogP contribution in [0.15, 0.2) is 18.2 Å². The fourth-order valence-corrected chi connectivity index (χ4v) is 2.49. The standard InChI is InChI=1S/C14H19N3O2S/c1-14(2,12(18)15-3)8-17-11-7-9(19-4)5-6-10(11)16-13(17)20/h5-7H,8H2,1-4H3,(H,15,18)(H,16,20). The second kappa shape index (κ2) is 5.28. The van der Waals surface area contributed by atoms with E-state index in [1.807, 2.05) is 36.6 Å². The number of methoxy groups -OCH3 is 1. The number of amides is 1. The smallest absolute Gasteiger partial charge is 0.227 e. The van der Waals surface area contributed by atoms with Crippen LogP contribution in [0.4, 0.5) is 0 Å². The Kier molecular flexibility index (Phi) is 3.85. The van der Waals surface area contributed by atoms with E-state index in [4.69, 9.17) is 17.0 Å². The molecule has 2 aromatic rings. The lowest BCUT2D eigenvalue weighted by Gasteiger charge is -2.23. The molecule has 0 spiro atoms. The van der Waals surface area contributed by atoms with Gasteiger partial charge in [-0.1, -0.05) is 0 Å². The normalized spacial score (nSPS) is 11.6. The number of H-pyrrole nitrogens is 1. The molecule has 0 saturated carbocycles. The Morgan fingerprint density at radius 3 is 2.80 bits per heavy atom. The number of nitrogens with one attached hydrogen (secondary N) is 2. The predicted molar refractivity (Wildman–Crippen MR) is 81.5 cm³/mol. The van der Waals surface area contributed by atoms with Crippen LogP contribution in [-0.4, -0.2) is 29.6 Å². The summed E-state index contributed by atoms with van der Waals surface area (Å²) in [5, 5.41) is 2.69. The monoisotopic (exact) mass is 293 g/mol. The van der Waals surface area contributed by atoms with Crippen LogP contribution in [0.5, 0.6) is 5.75 Å². The van der Waals surface area contributed by atoms with Gasteiger partial charge in [0.1, 0.15) is 5.75 Å². The van der Waals surface area contributed by atoms with E-state index in [-0.39, 0.29) is 5.91 Å². The molecule has 1 heterocycles. The van der Waals surface area contributed by atoms with Crippen LogP contribution in [0.25, 0.3) is 11.0 Å². The summed E-state index contributed by atoms with van der Waals surface area (Å²) in [6.45, 7) is 4.29. The van der Waals surface area contributed by atoms with Crippen molar-refractivity contribution in [2.75, 3.05) is 14.2 Å². The molecule has 0 unspecified atom stereocenters. The first-order valence-corrected chi connectivity index (χ1v) is 6.78. The second-order valence-electron chi connectivity index (χ2n) is 5.36. The number of benzene rings is 1. The van der Waals surface area contributed by atoms with Gasteiger partial charge in [0.05, 0.1) is 23.6 Å². The van der Waals surface area contributed by atoms with E-state index in [1.54, 1.807) is 14.2 Å². The molecular weight excluding hydrogens is 274 g/mol. The highest BCUT2D eigenvalue weighted by Crippen LogP contribution is 2.25. The molecule has 0 aliphatic carbocycles.